The van der Waals surface area contributed by atoms with Gasteiger partial charge in [0.05, 0.1) is 18.5 Å². The Morgan fingerprint density at radius 1 is 1.33 bits per heavy atom. The first-order valence-electron chi connectivity index (χ1n) is 6.63. The van der Waals surface area contributed by atoms with Crippen molar-refractivity contribution in [2.75, 3.05) is 0 Å². The molecule has 0 spiro atoms. The quantitative estimate of drug-likeness (QED) is 0.841. The molecule has 0 radical (unpaired) electrons. The predicted octanol–water partition coefficient (Wildman–Crippen LogP) is 3.80. The van der Waals surface area contributed by atoms with Gasteiger partial charge < -0.3 is 4.55 Å². The van der Waals surface area contributed by atoms with Crippen LogP contribution >= 0.6 is 0 Å². The van der Waals surface area contributed by atoms with Crippen LogP contribution in [0.25, 0.3) is 0 Å². The van der Waals surface area contributed by atoms with Crippen LogP contribution in [0.1, 0.15) is 56.9 Å². The maximum absolute atomic E-state index is 13.1. The second-order valence-corrected chi connectivity index (χ2v) is 7.77. The van der Waals surface area contributed by atoms with E-state index in [9.17, 15) is 13.3 Å². The Bertz CT molecular complexity index is 523. The van der Waals surface area contributed by atoms with Crippen LogP contribution in [0.2, 0.25) is 0 Å². The van der Waals surface area contributed by atoms with Crippen molar-refractivity contribution in [1.82, 2.24) is 4.72 Å². The molecule has 2 atom stereocenters. The van der Waals surface area contributed by atoms with Crippen LogP contribution in [0.4, 0.5) is 8.78 Å². The lowest BCUT2D eigenvalue weighted by atomic mass is 9.95. The Morgan fingerprint density at radius 3 is 2.38 bits per heavy atom. The number of hydrogen-bond donors (Lipinski definition) is 1. The highest BCUT2D eigenvalue weighted by Crippen LogP contribution is 2.30. The van der Waals surface area contributed by atoms with Gasteiger partial charge >= 0.3 is 0 Å². The van der Waals surface area contributed by atoms with Gasteiger partial charge in [-0.15, -0.1) is 4.72 Å². The number of halogens is 2. The fraction of sp³-hybridized carbons (Fsp3) is 0.533. The summed E-state index contributed by atoms with van der Waals surface area (Å²) in [5.74, 6) is 0. The second kappa shape index (κ2) is 7.21. The zero-order valence-corrected chi connectivity index (χ0v) is 13.4. The molecule has 3 nitrogen and oxygen atoms in total. The van der Waals surface area contributed by atoms with E-state index in [1.165, 1.54) is 12.1 Å². The molecule has 0 aromatic heterocycles. The van der Waals surface area contributed by atoms with Gasteiger partial charge in [-0.2, -0.15) is 5.26 Å². The SMILES string of the molecule is C[C@@H](N[S@+]([O-])C(C)(C)C)c1cccc(C(F)F)c1CC#N. The lowest BCUT2D eigenvalue weighted by molar-refractivity contribution is 0.150. The molecule has 116 valence electrons. The fourth-order valence-electron chi connectivity index (χ4n) is 1.92. The van der Waals surface area contributed by atoms with Gasteiger partial charge in [0.2, 0.25) is 0 Å². The van der Waals surface area contributed by atoms with Gasteiger partial charge in [-0.25, -0.2) is 8.78 Å². The average molecular weight is 314 g/mol. The number of nitrogens with one attached hydrogen (secondary N) is 1. The van der Waals surface area contributed by atoms with Crippen LogP contribution in [0.5, 0.6) is 0 Å². The number of nitrogens with zero attached hydrogens (tertiary/aromatic N) is 1. The van der Waals surface area contributed by atoms with E-state index in [2.05, 4.69) is 4.72 Å². The first-order valence-corrected chi connectivity index (χ1v) is 7.78. The van der Waals surface area contributed by atoms with Gasteiger partial charge in [0.25, 0.3) is 6.43 Å². The zero-order chi connectivity index (χ0) is 16.2. The maximum atomic E-state index is 13.1. The van der Waals surface area contributed by atoms with E-state index in [-0.39, 0.29) is 18.0 Å². The maximum Gasteiger partial charge on any atom is 0.264 e. The summed E-state index contributed by atoms with van der Waals surface area (Å²) in [7, 11) is 0. The molecule has 0 aliphatic rings. The molecule has 1 N–H and O–H groups in total. The highest BCUT2D eigenvalue weighted by molar-refractivity contribution is 7.90. The minimum atomic E-state index is -2.63. The summed E-state index contributed by atoms with van der Waals surface area (Å²) in [6, 6.07) is 6.09. The van der Waals surface area contributed by atoms with Gasteiger partial charge in [-0.05, 0) is 38.8 Å². The molecular weight excluding hydrogens is 294 g/mol. The smallest absolute Gasteiger partial charge is 0.264 e. The molecule has 0 saturated heterocycles. The summed E-state index contributed by atoms with van der Waals surface area (Å²) in [4.78, 5) is 0. The highest BCUT2D eigenvalue weighted by Gasteiger charge is 2.29. The molecule has 0 saturated carbocycles. The van der Waals surface area contributed by atoms with Crippen molar-refractivity contribution in [1.29, 1.82) is 5.26 Å². The van der Waals surface area contributed by atoms with Crippen molar-refractivity contribution < 1.29 is 13.3 Å². The molecule has 0 aliphatic carbocycles. The minimum Gasteiger partial charge on any atom is -0.598 e. The number of nitriles is 1. The molecule has 0 aliphatic heterocycles. The Hall–Kier alpha value is -1.16. The molecular formula is C15H20F2N2OS. The third-order valence-corrected chi connectivity index (χ3v) is 4.73. The zero-order valence-electron chi connectivity index (χ0n) is 12.6. The van der Waals surface area contributed by atoms with E-state index in [1.807, 2.05) is 26.8 Å². The molecule has 1 rings (SSSR count). The molecule has 0 heterocycles. The summed E-state index contributed by atoms with van der Waals surface area (Å²) in [6.45, 7) is 7.24. The van der Waals surface area contributed by atoms with Crippen molar-refractivity contribution in [2.24, 2.45) is 0 Å². The minimum absolute atomic E-state index is 0.0932. The first-order chi connectivity index (χ1) is 9.68. The largest absolute Gasteiger partial charge is 0.598 e. The summed E-state index contributed by atoms with van der Waals surface area (Å²) >= 11 is -1.32. The molecule has 0 bridgehead atoms. The summed E-state index contributed by atoms with van der Waals surface area (Å²) in [6.07, 6.45) is -2.72. The second-order valence-electron chi connectivity index (χ2n) is 5.77. The summed E-state index contributed by atoms with van der Waals surface area (Å²) in [5, 5.41) is 8.87. The lowest BCUT2D eigenvalue weighted by Crippen LogP contribution is -2.40. The average Bonchev–Trinajstić information content (AvgIpc) is 2.37. The van der Waals surface area contributed by atoms with Gasteiger partial charge in [-0.1, -0.05) is 18.2 Å². The van der Waals surface area contributed by atoms with Crippen molar-refractivity contribution >= 4 is 11.4 Å². The van der Waals surface area contributed by atoms with Crippen molar-refractivity contribution in [2.45, 2.75) is 51.3 Å². The lowest BCUT2D eigenvalue weighted by Gasteiger charge is -2.27. The highest BCUT2D eigenvalue weighted by atomic mass is 32.2. The van der Waals surface area contributed by atoms with Gasteiger partial charge in [-0.3, -0.25) is 0 Å². The Morgan fingerprint density at radius 2 is 1.90 bits per heavy atom. The van der Waals surface area contributed by atoms with Crippen LogP contribution in [0, 0.1) is 11.3 Å². The molecule has 0 amide bonds. The monoisotopic (exact) mass is 314 g/mol. The van der Waals surface area contributed by atoms with Crippen LogP contribution in [-0.4, -0.2) is 9.30 Å². The van der Waals surface area contributed by atoms with Crippen LogP contribution < -0.4 is 4.72 Å². The normalized spacial score (nSPS) is 14.8. The van der Waals surface area contributed by atoms with E-state index in [0.29, 0.717) is 11.1 Å². The van der Waals surface area contributed by atoms with E-state index in [1.54, 1.807) is 13.0 Å². The Balaban J connectivity index is 3.12. The Labute approximate surface area is 127 Å². The molecule has 1 aromatic rings. The Kier molecular flexibility index (Phi) is 6.14. The van der Waals surface area contributed by atoms with Crippen molar-refractivity contribution in [3.8, 4) is 6.07 Å². The molecule has 0 fully saturated rings. The first kappa shape index (κ1) is 17.9. The molecule has 21 heavy (non-hydrogen) atoms. The van der Waals surface area contributed by atoms with Gasteiger partial charge in [0.15, 0.2) is 0 Å². The number of benzene rings is 1. The predicted molar refractivity (Wildman–Crippen MR) is 80.2 cm³/mol. The molecule has 6 heteroatoms. The van der Waals surface area contributed by atoms with E-state index in [0.717, 1.165) is 0 Å². The van der Waals surface area contributed by atoms with E-state index < -0.39 is 22.5 Å². The number of hydrogen-bond acceptors (Lipinski definition) is 3. The standard InChI is InChI=1S/C15H20F2N2OS/c1-10(19-21(20)15(2,3)4)11-6-5-7-13(14(16)17)12(11)8-9-18/h5-7,10,14,19H,8H2,1-4H3/t10-,21-/m1/s1. The van der Waals surface area contributed by atoms with Crippen molar-refractivity contribution in [3.05, 3.63) is 34.9 Å². The third kappa shape index (κ3) is 4.67. The van der Waals surface area contributed by atoms with Crippen LogP contribution in [-0.2, 0) is 17.8 Å². The van der Waals surface area contributed by atoms with Crippen molar-refractivity contribution in [3.63, 3.8) is 0 Å². The third-order valence-electron chi connectivity index (χ3n) is 3.05. The van der Waals surface area contributed by atoms with Crippen LogP contribution in [0.3, 0.4) is 0 Å². The number of rotatable bonds is 5. The van der Waals surface area contributed by atoms with Crippen LogP contribution in [0.15, 0.2) is 18.2 Å². The van der Waals surface area contributed by atoms with E-state index in [4.69, 9.17) is 5.26 Å². The molecule has 0 unspecified atom stereocenters. The summed E-state index contributed by atoms with van der Waals surface area (Å²) < 4.78 is 40.7. The van der Waals surface area contributed by atoms with Gasteiger partial charge in [0.1, 0.15) is 4.75 Å². The number of alkyl halides is 2. The fourth-order valence-corrected chi connectivity index (χ4v) is 2.72. The summed E-state index contributed by atoms with van der Waals surface area (Å²) in [5.41, 5.74) is 0.775. The molecule has 1 aromatic carbocycles. The van der Waals surface area contributed by atoms with Gasteiger partial charge in [0, 0.05) is 16.9 Å². The van der Waals surface area contributed by atoms with E-state index >= 15 is 0 Å². The topological polar surface area (TPSA) is 58.9 Å².